The van der Waals surface area contributed by atoms with Crippen molar-refractivity contribution in [2.75, 3.05) is 5.75 Å². The molecule has 0 radical (unpaired) electrons. The monoisotopic (exact) mass is 559 g/mol. The van der Waals surface area contributed by atoms with Crippen molar-refractivity contribution in [2.45, 2.75) is 103 Å². The number of rotatable bonds is 8. The summed E-state index contributed by atoms with van der Waals surface area (Å²) in [7, 11) is -4.57. The van der Waals surface area contributed by atoms with Crippen molar-refractivity contribution in [3.8, 4) is 0 Å². The second-order valence-electron chi connectivity index (χ2n) is 13.2. The van der Waals surface area contributed by atoms with Gasteiger partial charge in [-0.3, -0.25) is 9.35 Å². The van der Waals surface area contributed by atoms with Crippen molar-refractivity contribution in [3.63, 3.8) is 0 Å². The fraction of sp³-hybridized carbons (Fsp3) is 0.926. The van der Waals surface area contributed by atoms with Crippen molar-refractivity contribution in [3.05, 3.63) is 0 Å². The van der Waals surface area contributed by atoms with E-state index in [0.29, 0.717) is 25.7 Å². The molecule has 12 unspecified atom stereocenters. The maximum Gasteiger partial charge on any atom is 0.327 e. The van der Waals surface area contributed by atoms with Crippen molar-refractivity contribution in [1.82, 2.24) is 5.32 Å². The third-order valence-corrected chi connectivity index (χ3v) is 12.1. The van der Waals surface area contributed by atoms with E-state index in [2.05, 4.69) is 19.2 Å². The molecule has 0 aliphatic heterocycles. The van der Waals surface area contributed by atoms with Crippen LogP contribution >= 0.6 is 0 Å². The van der Waals surface area contributed by atoms with Crippen LogP contribution in [0.2, 0.25) is 0 Å². The van der Waals surface area contributed by atoms with Crippen LogP contribution in [0, 0.1) is 46.3 Å². The quantitative estimate of drug-likeness (QED) is 0.242. The van der Waals surface area contributed by atoms with Crippen LogP contribution in [-0.2, 0) is 19.7 Å². The summed E-state index contributed by atoms with van der Waals surface area (Å²) in [4.78, 5) is 23.8. The summed E-state index contributed by atoms with van der Waals surface area (Å²) in [5.74, 6) is -2.36. The topological polar surface area (TPSA) is 181 Å². The Kier molecular flexibility index (Phi) is 8.30. The first-order chi connectivity index (χ1) is 17.6. The molecule has 0 saturated heterocycles. The van der Waals surface area contributed by atoms with Gasteiger partial charge in [-0.05, 0) is 97.7 Å². The predicted octanol–water partition coefficient (Wildman–Crippen LogP) is 1.82. The Hall–Kier alpha value is -1.27. The van der Waals surface area contributed by atoms with Crippen molar-refractivity contribution in [2.24, 2.45) is 46.3 Å². The molecule has 0 spiro atoms. The molecule has 11 heteroatoms. The standard InChI is InChI=1S/C27H45NO9S/c1-14(4-7-23(32)28-20(25(33)34)13-38(35,36)37)17-5-6-18-24-19(12-22(31)27(17,18)3)26(2)9-8-16(29)10-15(26)11-21(24)30/h14-22,24,29-31H,4-13H2,1-3H3,(H,28,32)(H,33,34)(H,35,36,37). The molecule has 0 bridgehead atoms. The van der Waals surface area contributed by atoms with Crippen LogP contribution in [0.3, 0.4) is 0 Å². The molecule has 0 aromatic heterocycles. The van der Waals surface area contributed by atoms with E-state index in [0.717, 1.165) is 25.7 Å². The Labute approximate surface area is 225 Å². The summed E-state index contributed by atoms with van der Waals surface area (Å²) in [6.07, 6.45) is 4.58. The van der Waals surface area contributed by atoms with Gasteiger partial charge in [0, 0.05) is 6.42 Å². The Morgan fingerprint density at radius 3 is 2.34 bits per heavy atom. The van der Waals surface area contributed by atoms with E-state index in [1.807, 2.05) is 6.92 Å². The predicted molar refractivity (Wildman–Crippen MR) is 138 cm³/mol. The van der Waals surface area contributed by atoms with Crippen molar-refractivity contribution in [1.29, 1.82) is 0 Å². The smallest absolute Gasteiger partial charge is 0.327 e. The number of carboxylic acids is 1. The second-order valence-corrected chi connectivity index (χ2v) is 14.7. The third kappa shape index (κ3) is 5.38. The van der Waals surface area contributed by atoms with Gasteiger partial charge in [0.2, 0.25) is 5.91 Å². The zero-order chi connectivity index (χ0) is 28.2. The maximum atomic E-state index is 12.5. The van der Waals surface area contributed by atoms with E-state index >= 15 is 0 Å². The first-order valence-corrected chi connectivity index (χ1v) is 15.7. The molecule has 0 aromatic carbocycles. The highest BCUT2D eigenvalue weighted by molar-refractivity contribution is 7.85. The Bertz CT molecular complexity index is 1020. The molecule has 10 nitrogen and oxygen atoms in total. The van der Waals surface area contributed by atoms with Gasteiger partial charge in [-0.25, -0.2) is 4.79 Å². The van der Waals surface area contributed by atoms with Crippen LogP contribution in [0.4, 0.5) is 0 Å². The average molecular weight is 560 g/mol. The summed E-state index contributed by atoms with van der Waals surface area (Å²) < 4.78 is 31.2. The van der Waals surface area contributed by atoms with Crippen LogP contribution in [0.15, 0.2) is 0 Å². The van der Waals surface area contributed by atoms with E-state index in [1.165, 1.54) is 0 Å². The minimum Gasteiger partial charge on any atom is -0.480 e. The van der Waals surface area contributed by atoms with Gasteiger partial charge in [0.05, 0.1) is 18.3 Å². The lowest BCUT2D eigenvalue weighted by molar-refractivity contribution is -0.207. The van der Waals surface area contributed by atoms with Gasteiger partial charge in [0.1, 0.15) is 11.8 Å². The number of amides is 1. The third-order valence-electron chi connectivity index (χ3n) is 11.4. The summed E-state index contributed by atoms with van der Waals surface area (Å²) in [6.45, 7) is 6.46. The molecule has 6 N–H and O–H groups in total. The number of aliphatic hydroxyl groups excluding tert-OH is 3. The second kappa shape index (κ2) is 10.6. The van der Waals surface area contributed by atoms with Gasteiger partial charge in [0.25, 0.3) is 10.1 Å². The lowest BCUT2D eigenvalue weighted by Crippen LogP contribution is -2.62. The molecule has 4 aliphatic rings. The zero-order valence-electron chi connectivity index (χ0n) is 22.6. The van der Waals surface area contributed by atoms with Crippen LogP contribution < -0.4 is 5.32 Å². The number of carbonyl (C=O) groups is 2. The maximum absolute atomic E-state index is 12.5. The molecule has 1 amide bonds. The first-order valence-electron chi connectivity index (χ1n) is 14.1. The summed E-state index contributed by atoms with van der Waals surface area (Å²) in [6, 6.07) is -1.72. The number of aliphatic hydroxyl groups is 3. The normalized spacial score (nSPS) is 44.3. The highest BCUT2D eigenvalue weighted by atomic mass is 32.2. The van der Waals surface area contributed by atoms with Gasteiger partial charge in [-0.2, -0.15) is 8.42 Å². The molecule has 4 rings (SSSR count). The fourth-order valence-corrected chi connectivity index (χ4v) is 9.99. The minimum atomic E-state index is -4.57. The zero-order valence-corrected chi connectivity index (χ0v) is 23.4. The number of carbonyl (C=O) groups excluding carboxylic acids is 1. The van der Waals surface area contributed by atoms with Gasteiger partial charge in [-0.1, -0.05) is 20.8 Å². The number of hydrogen-bond donors (Lipinski definition) is 6. The van der Waals surface area contributed by atoms with Gasteiger partial charge < -0.3 is 25.7 Å². The fourth-order valence-electron chi connectivity index (χ4n) is 9.34. The lowest BCUT2D eigenvalue weighted by Gasteiger charge is -2.63. The van der Waals surface area contributed by atoms with E-state index < -0.39 is 51.4 Å². The number of hydrogen-bond acceptors (Lipinski definition) is 7. The molecule has 0 aromatic rings. The molecule has 4 fully saturated rings. The van der Waals surface area contributed by atoms with Crippen LogP contribution in [0.1, 0.15) is 78.6 Å². The summed E-state index contributed by atoms with van der Waals surface area (Å²) in [5, 5.41) is 44.7. The lowest BCUT2D eigenvalue weighted by atomic mass is 9.43. The minimum absolute atomic E-state index is 0.000517. The average Bonchev–Trinajstić information content (AvgIpc) is 3.16. The molecule has 4 saturated carbocycles. The molecular weight excluding hydrogens is 514 g/mol. The summed E-state index contributed by atoms with van der Waals surface area (Å²) >= 11 is 0. The number of fused-ring (bicyclic) bond motifs is 5. The number of carboxylic acid groups (broad SMARTS) is 1. The molecule has 218 valence electrons. The molecule has 12 atom stereocenters. The van der Waals surface area contributed by atoms with Gasteiger partial charge in [0.15, 0.2) is 0 Å². The van der Waals surface area contributed by atoms with Crippen molar-refractivity contribution < 1.29 is 43.0 Å². The molecule has 38 heavy (non-hydrogen) atoms. The molecule has 0 heterocycles. The first kappa shape index (κ1) is 29.7. The SMILES string of the molecule is CC(CCC(=O)NC(CS(=O)(=O)O)C(=O)O)C1CCC2C3C(O)CC4CC(O)CCC4(C)C3CC(O)C12C. The van der Waals surface area contributed by atoms with Crippen LogP contribution in [-0.4, -0.2) is 75.4 Å². The van der Waals surface area contributed by atoms with Crippen molar-refractivity contribution >= 4 is 22.0 Å². The van der Waals surface area contributed by atoms with E-state index in [4.69, 9.17) is 4.55 Å². The van der Waals surface area contributed by atoms with Crippen LogP contribution in [0.5, 0.6) is 0 Å². The molecular formula is C27H45NO9S. The van der Waals surface area contributed by atoms with E-state index in [9.17, 15) is 38.4 Å². The largest absolute Gasteiger partial charge is 0.480 e. The number of nitrogens with one attached hydrogen (secondary N) is 1. The van der Waals surface area contributed by atoms with E-state index in [-0.39, 0.29) is 53.4 Å². The van der Waals surface area contributed by atoms with Gasteiger partial charge in [-0.15, -0.1) is 0 Å². The van der Waals surface area contributed by atoms with Gasteiger partial charge >= 0.3 is 5.97 Å². The van der Waals surface area contributed by atoms with Crippen LogP contribution in [0.25, 0.3) is 0 Å². The molecule has 4 aliphatic carbocycles. The number of aliphatic carboxylic acids is 1. The Morgan fingerprint density at radius 2 is 1.71 bits per heavy atom. The highest BCUT2D eigenvalue weighted by Crippen LogP contribution is 2.68. The Morgan fingerprint density at radius 1 is 1.03 bits per heavy atom. The highest BCUT2D eigenvalue weighted by Gasteiger charge is 2.65. The Balaban J connectivity index is 1.44. The summed E-state index contributed by atoms with van der Waals surface area (Å²) in [5.41, 5.74) is -0.417. The van der Waals surface area contributed by atoms with E-state index in [1.54, 1.807) is 0 Å².